The highest BCUT2D eigenvalue weighted by Gasteiger charge is 2.19. The Labute approximate surface area is 116 Å². The Morgan fingerprint density at radius 2 is 2.22 bits per heavy atom. The van der Waals surface area contributed by atoms with E-state index in [1.807, 2.05) is 6.92 Å². The largest absolute Gasteiger partial charge is 0.384 e. The zero-order valence-electron chi connectivity index (χ0n) is 11.0. The molecular formula is C12H19BrN2O3. The van der Waals surface area contributed by atoms with Gasteiger partial charge < -0.3 is 9.47 Å². The van der Waals surface area contributed by atoms with E-state index in [1.165, 1.54) is 0 Å². The van der Waals surface area contributed by atoms with Gasteiger partial charge in [0.2, 0.25) is 0 Å². The number of carbonyl (C=O) groups excluding carboxylic acids is 1. The first-order valence-electron chi connectivity index (χ1n) is 5.82. The minimum Gasteiger partial charge on any atom is -0.384 e. The van der Waals surface area contributed by atoms with Crippen LogP contribution in [0, 0.1) is 5.92 Å². The number of halogens is 1. The topological polar surface area (TPSA) is 53.4 Å². The van der Waals surface area contributed by atoms with Crippen LogP contribution in [0.3, 0.4) is 0 Å². The Balaban J connectivity index is 2.74. The van der Waals surface area contributed by atoms with Crippen LogP contribution in [0.1, 0.15) is 23.8 Å². The summed E-state index contributed by atoms with van der Waals surface area (Å²) in [6.07, 6.45) is 2.09. The molecule has 0 spiro atoms. The molecule has 18 heavy (non-hydrogen) atoms. The highest BCUT2D eigenvalue weighted by molar-refractivity contribution is 9.10. The lowest BCUT2D eigenvalue weighted by atomic mass is 10.0. The van der Waals surface area contributed by atoms with Crippen LogP contribution in [0.25, 0.3) is 0 Å². The maximum Gasteiger partial charge on any atom is 0.182 e. The molecule has 0 bridgehead atoms. The summed E-state index contributed by atoms with van der Waals surface area (Å²) in [5.74, 6) is 0.264. The Bertz CT molecular complexity index is 393. The first-order chi connectivity index (χ1) is 8.60. The van der Waals surface area contributed by atoms with Crippen LogP contribution in [-0.2, 0) is 16.0 Å². The molecule has 0 aliphatic heterocycles. The van der Waals surface area contributed by atoms with E-state index in [-0.39, 0.29) is 11.7 Å². The van der Waals surface area contributed by atoms with Gasteiger partial charge in [-0.3, -0.25) is 9.48 Å². The van der Waals surface area contributed by atoms with Gasteiger partial charge >= 0.3 is 0 Å². The van der Waals surface area contributed by atoms with Crippen molar-refractivity contribution in [3.63, 3.8) is 0 Å². The van der Waals surface area contributed by atoms with Gasteiger partial charge in [0.15, 0.2) is 5.78 Å². The van der Waals surface area contributed by atoms with E-state index in [1.54, 1.807) is 25.1 Å². The Morgan fingerprint density at radius 3 is 2.83 bits per heavy atom. The van der Waals surface area contributed by atoms with E-state index in [0.29, 0.717) is 31.9 Å². The highest BCUT2D eigenvalue weighted by atomic mass is 79.9. The minimum absolute atomic E-state index is 0.0695. The normalized spacial score (nSPS) is 12.7. The van der Waals surface area contributed by atoms with Gasteiger partial charge in [-0.15, -0.1) is 0 Å². The summed E-state index contributed by atoms with van der Waals surface area (Å²) in [6, 6.07) is 0. The molecule has 0 radical (unpaired) electrons. The lowest BCUT2D eigenvalue weighted by Gasteiger charge is -2.11. The Hall–Kier alpha value is -0.720. The molecule has 5 nitrogen and oxygen atoms in total. The van der Waals surface area contributed by atoms with Gasteiger partial charge in [0.25, 0.3) is 0 Å². The molecule has 1 aromatic rings. The first kappa shape index (κ1) is 15.3. The number of ketones is 1. The van der Waals surface area contributed by atoms with Crippen LogP contribution in [0.4, 0.5) is 0 Å². The van der Waals surface area contributed by atoms with Crippen molar-refractivity contribution in [2.45, 2.75) is 19.9 Å². The number of hydrogen-bond donors (Lipinski definition) is 0. The molecule has 102 valence electrons. The van der Waals surface area contributed by atoms with Crippen LogP contribution in [-0.4, -0.2) is 43.0 Å². The lowest BCUT2D eigenvalue weighted by Crippen LogP contribution is -2.17. The van der Waals surface area contributed by atoms with E-state index in [2.05, 4.69) is 21.0 Å². The fourth-order valence-electron chi connectivity index (χ4n) is 1.74. The van der Waals surface area contributed by atoms with Crippen molar-refractivity contribution in [3.8, 4) is 0 Å². The first-order valence-corrected chi connectivity index (χ1v) is 6.61. The Morgan fingerprint density at radius 1 is 1.50 bits per heavy atom. The van der Waals surface area contributed by atoms with E-state index < -0.39 is 0 Å². The van der Waals surface area contributed by atoms with Crippen LogP contribution < -0.4 is 0 Å². The quantitative estimate of drug-likeness (QED) is 0.689. The lowest BCUT2D eigenvalue weighted by molar-refractivity contribution is 0.0905. The summed E-state index contributed by atoms with van der Waals surface area (Å²) < 4.78 is 12.4. The maximum absolute atomic E-state index is 12.2. The standard InChI is InChI=1S/C12H19BrN2O3/c1-9(8-18-3)6-11(16)12-10(13)7-14-15(12)4-5-17-2/h7,9H,4-6,8H2,1-3H3. The van der Waals surface area contributed by atoms with Crippen molar-refractivity contribution < 1.29 is 14.3 Å². The molecule has 0 N–H and O–H groups in total. The number of carbonyl (C=O) groups is 1. The molecule has 1 rings (SSSR count). The molecule has 0 amide bonds. The van der Waals surface area contributed by atoms with Gasteiger partial charge in [-0.1, -0.05) is 6.92 Å². The van der Waals surface area contributed by atoms with Crippen molar-refractivity contribution in [2.75, 3.05) is 27.4 Å². The summed E-state index contributed by atoms with van der Waals surface area (Å²) in [7, 11) is 3.26. The third kappa shape index (κ3) is 4.19. The second kappa shape index (κ2) is 7.66. The predicted octanol–water partition coefficient (Wildman–Crippen LogP) is 2.15. The monoisotopic (exact) mass is 318 g/mol. The second-order valence-corrected chi connectivity index (χ2v) is 5.10. The van der Waals surface area contributed by atoms with Crippen LogP contribution >= 0.6 is 15.9 Å². The molecule has 0 fully saturated rings. The summed E-state index contributed by atoms with van der Waals surface area (Å²) in [5.41, 5.74) is 0.606. The molecule has 0 aromatic carbocycles. The van der Waals surface area contributed by atoms with Crippen molar-refractivity contribution in [2.24, 2.45) is 5.92 Å². The molecule has 1 unspecified atom stereocenters. The smallest absolute Gasteiger partial charge is 0.182 e. The highest BCUT2D eigenvalue weighted by Crippen LogP contribution is 2.19. The SMILES string of the molecule is COCCn1ncc(Br)c1C(=O)CC(C)COC. The molecule has 0 saturated heterocycles. The summed E-state index contributed by atoms with van der Waals surface area (Å²) in [5, 5.41) is 4.17. The number of aromatic nitrogens is 2. The fraction of sp³-hybridized carbons (Fsp3) is 0.667. The molecule has 6 heteroatoms. The average molecular weight is 319 g/mol. The molecule has 1 atom stereocenters. The fourth-order valence-corrected chi connectivity index (χ4v) is 2.26. The van der Waals surface area contributed by atoms with Gasteiger partial charge in [-0.2, -0.15) is 5.10 Å². The number of Topliss-reactive ketones (excluding diaryl/α,β-unsaturated/α-hetero) is 1. The van der Waals surface area contributed by atoms with E-state index >= 15 is 0 Å². The number of ether oxygens (including phenoxy) is 2. The molecule has 1 aromatic heterocycles. The zero-order valence-corrected chi connectivity index (χ0v) is 12.6. The van der Waals surface area contributed by atoms with Gasteiger partial charge in [0, 0.05) is 27.2 Å². The minimum atomic E-state index is 0.0695. The number of nitrogens with zero attached hydrogens (tertiary/aromatic N) is 2. The van der Waals surface area contributed by atoms with Crippen molar-refractivity contribution in [1.82, 2.24) is 9.78 Å². The van der Waals surface area contributed by atoms with Crippen molar-refractivity contribution >= 4 is 21.7 Å². The maximum atomic E-state index is 12.2. The van der Waals surface area contributed by atoms with Crippen molar-refractivity contribution in [3.05, 3.63) is 16.4 Å². The summed E-state index contributed by atoms with van der Waals surface area (Å²) in [4.78, 5) is 12.2. The molecule has 0 aliphatic rings. The van der Waals surface area contributed by atoms with Crippen molar-refractivity contribution in [1.29, 1.82) is 0 Å². The third-order valence-electron chi connectivity index (χ3n) is 2.55. The number of hydrogen-bond acceptors (Lipinski definition) is 4. The van der Waals surface area contributed by atoms with Gasteiger partial charge in [-0.05, 0) is 21.8 Å². The third-order valence-corrected chi connectivity index (χ3v) is 3.13. The summed E-state index contributed by atoms with van der Waals surface area (Å²) in [6.45, 7) is 3.67. The van der Waals surface area contributed by atoms with Gasteiger partial charge in [-0.25, -0.2) is 0 Å². The van der Waals surface area contributed by atoms with Gasteiger partial charge in [0.05, 0.1) is 23.8 Å². The van der Waals surface area contributed by atoms with E-state index in [4.69, 9.17) is 9.47 Å². The van der Waals surface area contributed by atoms with Crippen LogP contribution in [0.5, 0.6) is 0 Å². The number of methoxy groups -OCH3 is 2. The molecular weight excluding hydrogens is 300 g/mol. The van der Waals surface area contributed by atoms with E-state index in [9.17, 15) is 4.79 Å². The van der Waals surface area contributed by atoms with Crippen LogP contribution in [0.15, 0.2) is 10.7 Å². The number of rotatable bonds is 8. The summed E-state index contributed by atoms with van der Waals surface area (Å²) >= 11 is 3.36. The second-order valence-electron chi connectivity index (χ2n) is 4.24. The Kier molecular flexibility index (Phi) is 6.52. The average Bonchev–Trinajstić information content (AvgIpc) is 2.68. The zero-order chi connectivity index (χ0) is 13.5. The van der Waals surface area contributed by atoms with Gasteiger partial charge in [0.1, 0.15) is 5.69 Å². The molecule has 0 aliphatic carbocycles. The van der Waals surface area contributed by atoms with E-state index in [0.717, 1.165) is 4.47 Å². The van der Waals surface area contributed by atoms with Crippen LogP contribution in [0.2, 0.25) is 0 Å². The molecule has 0 saturated carbocycles. The molecule has 1 heterocycles. The predicted molar refractivity (Wildman–Crippen MR) is 71.8 cm³/mol.